The van der Waals surface area contributed by atoms with Gasteiger partial charge in [-0.25, -0.2) is 18.7 Å². The molecule has 1 aromatic carbocycles. The molecule has 0 bridgehead atoms. The lowest BCUT2D eigenvalue weighted by Crippen LogP contribution is -2.04. The van der Waals surface area contributed by atoms with E-state index in [2.05, 4.69) is 9.97 Å². The van der Waals surface area contributed by atoms with Gasteiger partial charge in [0.25, 0.3) is 0 Å². The molecule has 0 spiro atoms. The lowest BCUT2D eigenvalue weighted by molar-refractivity contribution is 0.539. The number of hydrogen-bond donors (Lipinski definition) is 0. The van der Waals surface area contributed by atoms with Crippen molar-refractivity contribution in [2.45, 2.75) is 38.5 Å². The zero-order valence-electron chi connectivity index (χ0n) is 12.6. The van der Waals surface area contributed by atoms with E-state index in [4.69, 9.17) is 5.26 Å². The molecule has 2 rings (SSSR count). The second-order valence-electron chi connectivity index (χ2n) is 5.46. The fourth-order valence-corrected chi connectivity index (χ4v) is 2.34. The third-order valence-corrected chi connectivity index (χ3v) is 3.80. The molecule has 22 heavy (non-hydrogen) atoms. The van der Waals surface area contributed by atoms with Crippen molar-refractivity contribution in [3.05, 3.63) is 59.2 Å². The van der Waals surface area contributed by atoms with E-state index in [-0.39, 0.29) is 11.8 Å². The molecule has 0 aliphatic carbocycles. The molecule has 2 atom stereocenters. The van der Waals surface area contributed by atoms with Gasteiger partial charge in [-0.15, -0.1) is 0 Å². The number of nitrogens with zero attached hydrogens (tertiary/aromatic N) is 3. The molecule has 1 aromatic heterocycles. The summed E-state index contributed by atoms with van der Waals surface area (Å²) in [5.74, 6) is -0.667. The highest BCUT2D eigenvalue weighted by molar-refractivity contribution is 5.36. The number of halogens is 2. The van der Waals surface area contributed by atoms with Crippen LogP contribution < -0.4 is 0 Å². The van der Waals surface area contributed by atoms with Crippen molar-refractivity contribution in [2.24, 2.45) is 0 Å². The van der Waals surface area contributed by atoms with Gasteiger partial charge in [0.1, 0.15) is 29.1 Å². The molecule has 2 aromatic rings. The Morgan fingerprint density at radius 3 is 2.14 bits per heavy atom. The molecule has 0 amide bonds. The van der Waals surface area contributed by atoms with Gasteiger partial charge in [0.15, 0.2) is 0 Å². The van der Waals surface area contributed by atoms with Crippen LogP contribution in [-0.4, -0.2) is 9.97 Å². The summed E-state index contributed by atoms with van der Waals surface area (Å²) in [5.41, 5.74) is 0.0391. The molecule has 1 heterocycles. The summed E-state index contributed by atoms with van der Waals surface area (Å²) in [6.07, 6.45) is 4.97. The maximum Gasteiger partial charge on any atom is 0.144 e. The molecule has 0 aliphatic rings. The highest BCUT2D eigenvalue weighted by Crippen LogP contribution is 2.28. The number of rotatable bonds is 5. The van der Waals surface area contributed by atoms with Gasteiger partial charge in [-0.1, -0.05) is 13.8 Å². The van der Waals surface area contributed by atoms with E-state index < -0.39 is 17.2 Å². The molecular weight excluding hydrogens is 284 g/mol. The maximum atomic E-state index is 13.7. The third kappa shape index (κ3) is 3.64. The van der Waals surface area contributed by atoms with E-state index in [1.807, 2.05) is 13.8 Å². The van der Waals surface area contributed by atoms with Crippen molar-refractivity contribution >= 4 is 0 Å². The predicted octanol–water partition coefficient (Wildman–Crippen LogP) is 4.31. The van der Waals surface area contributed by atoms with Crippen molar-refractivity contribution < 1.29 is 8.78 Å². The smallest absolute Gasteiger partial charge is 0.144 e. The summed E-state index contributed by atoms with van der Waals surface area (Å²) in [7, 11) is 0. The lowest BCUT2D eigenvalue weighted by atomic mass is 9.91. The highest BCUT2D eigenvalue weighted by Gasteiger charge is 2.16. The fourth-order valence-electron chi connectivity index (χ4n) is 2.34. The Hall–Kier alpha value is -2.35. The Balaban J connectivity index is 2.04. The maximum absolute atomic E-state index is 13.7. The van der Waals surface area contributed by atoms with E-state index in [9.17, 15) is 8.78 Å². The first-order chi connectivity index (χ1) is 10.5. The summed E-state index contributed by atoms with van der Waals surface area (Å²) < 4.78 is 27.3. The van der Waals surface area contributed by atoms with Crippen LogP contribution in [0.3, 0.4) is 0 Å². The highest BCUT2D eigenvalue weighted by atomic mass is 19.1. The minimum absolute atomic E-state index is 0.0112. The minimum atomic E-state index is -0.802. The monoisotopic (exact) mass is 301 g/mol. The zero-order valence-corrected chi connectivity index (χ0v) is 12.6. The first kappa shape index (κ1) is 16.0. The van der Waals surface area contributed by atoms with Crippen LogP contribution in [0.15, 0.2) is 30.6 Å². The van der Waals surface area contributed by atoms with Crippen LogP contribution in [0, 0.1) is 23.0 Å². The number of aromatic nitrogens is 2. The molecule has 0 radical (unpaired) electrons. The number of nitriles is 1. The second kappa shape index (κ2) is 7.08. The first-order valence-corrected chi connectivity index (χ1v) is 7.19. The van der Waals surface area contributed by atoms with Gasteiger partial charge in [0.2, 0.25) is 0 Å². The van der Waals surface area contributed by atoms with Crippen LogP contribution in [0.4, 0.5) is 8.78 Å². The van der Waals surface area contributed by atoms with Crippen molar-refractivity contribution in [3.8, 4) is 6.07 Å². The lowest BCUT2D eigenvalue weighted by Gasteiger charge is -2.15. The van der Waals surface area contributed by atoms with Crippen molar-refractivity contribution in [2.75, 3.05) is 0 Å². The molecule has 5 heteroatoms. The summed E-state index contributed by atoms with van der Waals surface area (Å²) >= 11 is 0. The molecular formula is C17H17F2N3. The van der Waals surface area contributed by atoms with E-state index >= 15 is 0 Å². The zero-order chi connectivity index (χ0) is 16.1. The average molecular weight is 301 g/mol. The van der Waals surface area contributed by atoms with Crippen LogP contribution >= 0.6 is 0 Å². The van der Waals surface area contributed by atoms with Gasteiger partial charge in [-0.3, -0.25) is 0 Å². The summed E-state index contributed by atoms with van der Waals surface area (Å²) in [6.45, 7) is 3.95. The van der Waals surface area contributed by atoms with Crippen molar-refractivity contribution in [1.82, 2.24) is 9.97 Å². The Labute approximate surface area is 128 Å². The predicted molar refractivity (Wildman–Crippen MR) is 79.2 cm³/mol. The van der Waals surface area contributed by atoms with Gasteiger partial charge in [-0.2, -0.15) is 5.26 Å². The van der Waals surface area contributed by atoms with Gasteiger partial charge in [-0.05, 0) is 42.5 Å². The fraction of sp³-hybridized carbons (Fsp3) is 0.353. The summed E-state index contributed by atoms with van der Waals surface area (Å²) in [6, 6.07) is 5.79. The molecule has 2 unspecified atom stereocenters. The molecule has 0 fully saturated rings. The van der Waals surface area contributed by atoms with Crippen molar-refractivity contribution in [3.63, 3.8) is 0 Å². The van der Waals surface area contributed by atoms with Crippen LogP contribution in [0.1, 0.15) is 55.5 Å². The van der Waals surface area contributed by atoms with Crippen LogP contribution in [0.25, 0.3) is 0 Å². The number of hydrogen-bond acceptors (Lipinski definition) is 3. The van der Waals surface area contributed by atoms with Crippen LogP contribution in [-0.2, 0) is 0 Å². The Bertz CT molecular complexity index is 657. The normalized spacial score (nSPS) is 13.4. The summed E-state index contributed by atoms with van der Waals surface area (Å²) in [5, 5.41) is 8.69. The van der Waals surface area contributed by atoms with Crippen LogP contribution in [0.2, 0.25) is 0 Å². The molecule has 3 nitrogen and oxygen atoms in total. The van der Waals surface area contributed by atoms with Gasteiger partial charge < -0.3 is 0 Å². The Morgan fingerprint density at radius 2 is 1.59 bits per heavy atom. The quantitative estimate of drug-likeness (QED) is 0.826. The topological polar surface area (TPSA) is 49.6 Å². The van der Waals surface area contributed by atoms with Crippen LogP contribution in [0.5, 0.6) is 0 Å². The second-order valence-corrected chi connectivity index (χ2v) is 5.46. The third-order valence-electron chi connectivity index (χ3n) is 3.80. The largest absolute Gasteiger partial charge is 0.241 e. The Kier molecular flexibility index (Phi) is 5.16. The molecule has 114 valence electrons. The molecule has 0 saturated heterocycles. The van der Waals surface area contributed by atoms with Gasteiger partial charge >= 0.3 is 0 Å². The number of benzene rings is 1. The first-order valence-electron chi connectivity index (χ1n) is 7.19. The molecule has 0 N–H and O–H groups in total. The molecule has 0 saturated carbocycles. The van der Waals surface area contributed by atoms with Crippen molar-refractivity contribution in [1.29, 1.82) is 5.26 Å². The average Bonchev–Trinajstić information content (AvgIpc) is 2.52. The van der Waals surface area contributed by atoms with Gasteiger partial charge in [0.05, 0.1) is 0 Å². The Morgan fingerprint density at radius 1 is 1.05 bits per heavy atom. The van der Waals surface area contributed by atoms with E-state index in [0.29, 0.717) is 5.56 Å². The standard InChI is InChI=1S/C17H17F2N3/c1-11(4-5-12(2)17-21-6-3-7-22-17)13-8-15(18)14(10-20)16(19)9-13/h3,6-9,11-12H,4-5H2,1-2H3. The SMILES string of the molecule is CC(CCC(C)c1ncccn1)c1cc(F)c(C#N)c(F)c1. The van der Waals surface area contributed by atoms with E-state index in [1.54, 1.807) is 18.5 Å². The van der Waals surface area contributed by atoms with E-state index in [0.717, 1.165) is 18.7 Å². The van der Waals surface area contributed by atoms with E-state index in [1.165, 1.54) is 18.2 Å². The van der Waals surface area contributed by atoms with Gasteiger partial charge in [0, 0.05) is 18.3 Å². The minimum Gasteiger partial charge on any atom is -0.241 e. The molecule has 0 aliphatic heterocycles. The summed E-state index contributed by atoms with van der Waals surface area (Å²) in [4.78, 5) is 8.43.